The zero-order valence-electron chi connectivity index (χ0n) is 16.1. The van der Waals surface area contributed by atoms with Crippen molar-refractivity contribution in [3.05, 3.63) is 71.4 Å². The van der Waals surface area contributed by atoms with Crippen LogP contribution in [-0.2, 0) is 22.6 Å². The summed E-state index contributed by atoms with van der Waals surface area (Å²) in [4.78, 5) is 14.7. The first-order valence-corrected chi connectivity index (χ1v) is 10.0. The number of morpholine rings is 1. The maximum absolute atomic E-state index is 12.5. The number of aromatic nitrogens is 2. The van der Waals surface area contributed by atoms with Crippen molar-refractivity contribution < 1.29 is 9.53 Å². The Morgan fingerprint density at radius 2 is 1.79 bits per heavy atom. The summed E-state index contributed by atoms with van der Waals surface area (Å²) in [6, 6.07) is 17.6. The van der Waals surface area contributed by atoms with Crippen LogP contribution in [0.3, 0.4) is 0 Å². The van der Waals surface area contributed by atoms with Crippen molar-refractivity contribution in [2.75, 3.05) is 31.2 Å². The average Bonchev–Trinajstić information content (AvgIpc) is 3.18. The van der Waals surface area contributed by atoms with E-state index in [0.29, 0.717) is 24.8 Å². The molecule has 1 saturated heterocycles. The van der Waals surface area contributed by atoms with Gasteiger partial charge in [0.1, 0.15) is 6.54 Å². The fraction of sp³-hybridized carbons (Fsp3) is 0.273. The third-order valence-corrected chi connectivity index (χ3v) is 5.10. The van der Waals surface area contributed by atoms with Crippen LogP contribution < -0.4 is 10.2 Å². The second-order valence-electron chi connectivity index (χ2n) is 6.93. The number of nitrogens with zero attached hydrogens (tertiary/aromatic N) is 3. The molecule has 4 rings (SSSR count). The second kappa shape index (κ2) is 9.11. The number of carbonyl (C=O) groups is 1. The van der Waals surface area contributed by atoms with Gasteiger partial charge in [-0.25, -0.2) is 0 Å². The van der Waals surface area contributed by atoms with Crippen LogP contribution in [0.1, 0.15) is 5.56 Å². The van der Waals surface area contributed by atoms with Gasteiger partial charge in [-0.2, -0.15) is 5.10 Å². The SMILES string of the molecule is O=C(Cn1cc(-c2ccccc2)c(N2CCOCC2)n1)NCc1ccc(Cl)cc1. The van der Waals surface area contributed by atoms with Gasteiger partial charge in [0.2, 0.25) is 5.91 Å². The lowest BCUT2D eigenvalue weighted by Gasteiger charge is -2.27. The zero-order chi connectivity index (χ0) is 20.1. The average molecular weight is 411 g/mol. The van der Waals surface area contributed by atoms with Gasteiger partial charge >= 0.3 is 0 Å². The normalized spacial score (nSPS) is 14.0. The van der Waals surface area contributed by atoms with Gasteiger partial charge in [0, 0.05) is 36.4 Å². The Balaban J connectivity index is 1.48. The van der Waals surface area contributed by atoms with Crippen molar-refractivity contribution in [3.63, 3.8) is 0 Å². The molecule has 2 heterocycles. The van der Waals surface area contributed by atoms with E-state index in [1.165, 1.54) is 0 Å². The fourth-order valence-corrected chi connectivity index (χ4v) is 3.45. The van der Waals surface area contributed by atoms with Gasteiger partial charge in [0.15, 0.2) is 5.82 Å². The number of benzene rings is 2. The highest BCUT2D eigenvalue weighted by Crippen LogP contribution is 2.30. The molecular weight excluding hydrogens is 388 g/mol. The first kappa shape index (κ1) is 19.5. The number of ether oxygens (including phenoxy) is 1. The van der Waals surface area contributed by atoms with E-state index < -0.39 is 0 Å². The van der Waals surface area contributed by atoms with Gasteiger partial charge in [-0.05, 0) is 23.3 Å². The molecule has 0 spiro atoms. The summed E-state index contributed by atoms with van der Waals surface area (Å²) in [7, 11) is 0. The number of anilines is 1. The molecule has 0 bridgehead atoms. The number of rotatable bonds is 6. The minimum atomic E-state index is -0.0874. The monoisotopic (exact) mass is 410 g/mol. The molecule has 3 aromatic rings. The Labute approximate surface area is 175 Å². The van der Waals surface area contributed by atoms with E-state index in [2.05, 4.69) is 22.3 Å². The highest BCUT2D eigenvalue weighted by Gasteiger charge is 2.20. The van der Waals surface area contributed by atoms with Crippen LogP contribution in [0.25, 0.3) is 11.1 Å². The number of nitrogens with one attached hydrogen (secondary N) is 1. The van der Waals surface area contributed by atoms with Crippen molar-refractivity contribution in [1.82, 2.24) is 15.1 Å². The molecule has 1 fully saturated rings. The van der Waals surface area contributed by atoms with Gasteiger partial charge in [-0.15, -0.1) is 0 Å². The molecule has 1 aliphatic rings. The number of hydrogen-bond donors (Lipinski definition) is 1. The summed E-state index contributed by atoms with van der Waals surface area (Å²) in [6.45, 7) is 3.57. The van der Waals surface area contributed by atoms with Crippen molar-refractivity contribution >= 4 is 23.3 Å². The van der Waals surface area contributed by atoms with E-state index in [4.69, 9.17) is 21.4 Å². The summed E-state index contributed by atoms with van der Waals surface area (Å²) in [5, 5.41) is 8.35. The summed E-state index contributed by atoms with van der Waals surface area (Å²) in [5.74, 6) is 0.806. The lowest BCUT2D eigenvalue weighted by atomic mass is 10.1. The molecule has 0 unspecified atom stereocenters. The molecule has 0 saturated carbocycles. The van der Waals surface area contributed by atoms with Crippen LogP contribution in [0.2, 0.25) is 5.02 Å². The van der Waals surface area contributed by atoms with Crippen LogP contribution in [0.5, 0.6) is 0 Å². The van der Waals surface area contributed by atoms with Crippen LogP contribution in [-0.4, -0.2) is 42.0 Å². The minimum Gasteiger partial charge on any atom is -0.378 e. The number of carbonyl (C=O) groups excluding carboxylic acids is 1. The lowest BCUT2D eigenvalue weighted by Crippen LogP contribution is -2.37. The quantitative estimate of drug-likeness (QED) is 0.677. The molecule has 7 heteroatoms. The van der Waals surface area contributed by atoms with Gasteiger partial charge in [-0.3, -0.25) is 9.48 Å². The Kier molecular flexibility index (Phi) is 6.12. The fourth-order valence-electron chi connectivity index (χ4n) is 3.33. The number of hydrogen-bond acceptors (Lipinski definition) is 4. The predicted octanol–water partition coefficient (Wildman–Crippen LogP) is 3.36. The topological polar surface area (TPSA) is 59.4 Å². The van der Waals surface area contributed by atoms with Crippen molar-refractivity contribution in [3.8, 4) is 11.1 Å². The molecule has 0 aliphatic carbocycles. The van der Waals surface area contributed by atoms with E-state index in [1.807, 2.05) is 48.7 Å². The van der Waals surface area contributed by atoms with Gasteiger partial charge in [-0.1, -0.05) is 54.1 Å². The third-order valence-electron chi connectivity index (χ3n) is 4.85. The Morgan fingerprint density at radius 1 is 1.07 bits per heavy atom. The Bertz CT molecular complexity index is 951. The first-order valence-electron chi connectivity index (χ1n) is 9.66. The lowest BCUT2D eigenvalue weighted by molar-refractivity contribution is -0.122. The Hall–Kier alpha value is -2.83. The first-order chi connectivity index (χ1) is 14.2. The summed E-state index contributed by atoms with van der Waals surface area (Å²) in [6.07, 6.45) is 1.95. The van der Waals surface area contributed by atoms with Crippen LogP contribution >= 0.6 is 11.6 Å². The van der Waals surface area contributed by atoms with E-state index >= 15 is 0 Å². The molecular formula is C22H23ClN4O2. The van der Waals surface area contributed by atoms with Gasteiger partial charge in [0.05, 0.1) is 13.2 Å². The molecule has 1 aliphatic heterocycles. The summed E-state index contributed by atoms with van der Waals surface area (Å²) < 4.78 is 7.18. The smallest absolute Gasteiger partial charge is 0.241 e. The highest BCUT2D eigenvalue weighted by atomic mass is 35.5. The summed E-state index contributed by atoms with van der Waals surface area (Å²) in [5.41, 5.74) is 3.11. The minimum absolute atomic E-state index is 0.0874. The molecule has 0 atom stereocenters. The van der Waals surface area contributed by atoms with Crippen LogP contribution in [0.15, 0.2) is 60.8 Å². The zero-order valence-corrected chi connectivity index (χ0v) is 16.8. The predicted molar refractivity (Wildman–Crippen MR) is 114 cm³/mol. The van der Waals surface area contributed by atoms with Crippen molar-refractivity contribution in [2.24, 2.45) is 0 Å². The maximum atomic E-state index is 12.5. The molecule has 2 aromatic carbocycles. The Morgan fingerprint density at radius 3 is 2.52 bits per heavy atom. The van der Waals surface area contributed by atoms with Gasteiger partial charge < -0.3 is 15.0 Å². The van der Waals surface area contributed by atoms with Crippen molar-refractivity contribution in [1.29, 1.82) is 0 Å². The van der Waals surface area contributed by atoms with E-state index in [0.717, 1.165) is 35.6 Å². The molecule has 150 valence electrons. The molecule has 1 N–H and O–H groups in total. The molecule has 1 aromatic heterocycles. The standard InChI is InChI=1S/C22H23ClN4O2/c23-19-8-6-17(7-9-19)14-24-21(28)16-27-15-20(18-4-2-1-3-5-18)22(25-27)26-10-12-29-13-11-26/h1-9,15H,10-14,16H2,(H,24,28). The van der Waals surface area contributed by atoms with E-state index in [-0.39, 0.29) is 12.5 Å². The van der Waals surface area contributed by atoms with Crippen LogP contribution in [0, 0.1) is 0 Å². The number of halogens is 1. The molecule has 29 heavy (non-hydrogen) atoms. The largest absolute Gasteiger partial charge is 0.378 e. The summed E-state index contributed by atoms with van der Waals surface area (Å²) >= 11 is 5.90. The van der Waals surface area contributed by atoms with Gasteiger partial charge in [0.25, 0.3) is 0 Å². The highest BCUT2D eigenvalue weighted by molar-refractivity contribution is 6.30. The number of amides is 1. The van der Waals surface area contributed by atoms with E-state index in [1.54, 1.807) is 4.68 Å². The van der Waals surface area contributed by atoms with Crippen molar-refractivity contribution in [2.45, 2.75) is 13.1 Å². The maximum Gasteiger partial charge on any atom is 0.241 e. The third kappa shape index (κ3) is 4.96. The molecule has 6 nitrogen and oxygen atoms in total. The molecule has 1 amide bonds. The second-order valence-corrected chi connectivity index (χ2v) is 7.37. The molecule has 0 radical (unpaired) electrons. The van der Waals surface area contributed by atoms with Crippen LogP contribution in [0.4, 0.5) is 5.82 Å². The van der Waals surface area contributed by atoms with E-state index in [9.17, 15) is 4.79 Å².